The monoisotopic (exact) mass is 218 g/mol. The van der Waals surface area contributed by atoms with Crippen molar-refractivity contribution in [1.29, 1.82) is 0 Å². The summed E-state index contributed by atoms with van der Waals surface area (Å²) in [6, 6.07) is 6.00. The SMILES string of the molecule is Cc1ccc(C(=O)N2CC[C@@H](N)C2)cc1C. The predicted molar refractivity (Wildman–Crippen MR) is 64.4 cm³/mol. The summed E-state index contributed by atoms with van der Waals surface area (Å²) in [6.45, 7) is 5.55. The number of carbonyl (C=O) groups is 1. The lowest BCUT2D eigenvalue weighted by atomic mass is 10.1. The maximum Gasteiger partial charge on any atom is 0.253 e. The van der Waals surface area contributed by atoms with E-state index in [0.717, 1.165) is 24.1 Å². The molecule has 2 rings (SSSR count). The molecule has 1 aromatic carbocycles. The molecular weight excluding hydrogens is 200 g/mol. The highest BCUT2D eigenvalue weighted by Crippen LogP contribution is 2.15. The van der Waals surface area contributed by atoms with Crippen molar-refractivity contribution in [3.8, 4) is 0 Å². The van der Waals surface area contributed by atoms with E-state index in [1.54, 1.807) is 0 Å². The predicted octanol–water partition coefficient (Wildman–Crippen LogP) is 1.48. The van der Waals surface area contributed by atoms with Crippen LogP contribution in [0.2, 0.25) is 0 Å². The first-order valence-electron chi connectivity index (χ1n) is 5.70. The zero-order valence-corrected chi connectivity index (χ0v) is 9.86. The molecule has 0 aliphatic carbocycles. The third-order valence-electron chi connectivity index (χ3n) is 3.27. The molecule has 3 nitrogen and oxygen atoms in total. The molecule has 0 spiro atoms. The van der Waals surface area contributed by atoms with Gasteiger partial charge < -0.3 is 10.6 Å². The Morgan fingerprint density at radius 3 is 2.69 bits per heavy atom. The van der Waals surface area contributed by atoms with E-state index < -0.39 is 0 Å². The second-order valence-electron chi connectivity index (χ2n) is 4.60. The van der Waals surface area contributed by atoms with Gasteiger partial charge in [0.25, 0.3) is 5.91 Å². The molecule has 1 amide bonds. The van der Waals surface area contributed by atoms with Gasteiger partial charge in [-0.2, -0.15) is 0 Å². The van der Waals surface area contributed by atoms with Crippen molar-refractivity contribution in [2.24, 2.45) is 5.73 Å². The molecule has 1 saturated heterocycles. The first-order chi connectivity index (χ1) is 7.58. The molecule has 1 aromatic rings. The van der Waals surface area contributed by atoms with E-state index in [1.165, 1.54) is 5.56 Å². The fourth-order valence-electron chi connectivity index (χ4n) is 2.03. The topological polar surface area (TPSA) is 46.3 Å². The molecule has 2 N–H and O–H groups in total. The van der Waals surface area contributed by atoms with Crippen LogP contribution in [0.1, 0.15) is 27.9 Å². The van der Waals surface area contributed by atoms with Crippen molar-refractivity contribution in [1.82, 2.24) is 4.90 Å². The Morgan fingerprint density at radius 2 is 2.12 bits per heavy atom. The van der Waals surface area contributed by atoms with E-state index in [1.807, 2.05) is 30.0 Å². The summed E-state index contributed by atoms with van der Waals surface area (Å²) in [4.78, 5) is 14.0. The second kappa shape index (κ2) is 4.26. The van der Waals surface area contributed by atoms with Crippen molar-refractivity contribution >= 4 is 5.91 Å². The van der Waals surface area contributed by atoms with E-state index in [-0.39, 0.29) is 11.9 Å². The number of nitrogens with two attached hydrogens (primary N) is 1. The summed E-state index contributed by atoms with van der Waals surface area (Å²) >= 11 is 0. The summed E-state index contributed by atoms with van der Waals surface area (Å²) in [5.41, 5.74) is 8.96. The lowest BCUT2D eigenvalue weighted by Crippen LogP contribution is -2.31. The first kappa shape index (κ1) is 11.1. The molecule has 0 saturated carbocycles. The molecule has 0 radical (unpaired) electrons. The number of amides is 1. The summed E-state index contributed by atoms with van der Waals surface area (Å²) in [7, 11) is 0. The lowest BCUT2D eigenvalue weighted by molar-refractivity contribution is 0.0791. The van der Waals surface area contributed by atoms with Crippen LogP contribution >= 0.6 is 0 Å². The fourth-order valence-corrected chi connectivity index (χ4v) is 2.03. The third-order valence-corrected chi connectivity index (χ3v) is 3.27. The van der Waals surface area contributed by atoms with Gasteiger partial charge >= 0.3 is 0 Å². The van der Waals surface area contributed by atoms with Gasteiger partial charge in [-0.15, -0.1) is 0 Å². The van der Waals surface area contributed by atoms with Crippen LogP contribution in [-0.4, -0.2) is 29.9 Å². The number of nitrogens with zero attached hydrogens (tertiary/aromatic N) is 1. The molecule has 1 fully saturated rings. The highest BCUT2D eigenvalue weighted by atomic mass is 16.2. The number of aryl methyl sites for hydroxylation is 2. The van der Waals surface area contributed by atoms with Crippen molar-refractivity contribution in [2.75, 3.05) is 13.1 Å². The van der Waals surface area contributed by atoms with Crippen molar-refractivity contribution < 1.29 is 4.79 Å². The molecule has 1 aliphatic rings. The van der Waals surface area contributed by atoms with E-state index in [2.05, 4.69) is 6.92 Å². The normalized spacial score (nSPS) is 20.2. The minimum atomic E-state index is 0.107. The van der Waals surface area contributed by atoms with Gasteiger partial charge in [0.15, 0.2) is 0 Å². The van der Waals surface area contributed by atoms with Crippen molar-refractivity contribution in [3.05, 3.63) is 34.9 Å². The van der Waals surface area contributed by atoms with Gasteiger partial charge in [0, 0.05) is 24.7 Å². The van der Waals surface area contributed by atoms with Crippen molar-refractivity contribution in [3.63, 3.8) is 0 Å². The standard InChI is InChI=1S/C13H18N2O/c1-9-3-4-11(7-10(9)2)13(16)15-6-5-12(14)8-15/h3-4,7,12H,5-6,8,14H2,1-2H3/t12-/m1/s1. The van der Waals surface area contributed by atoms with Crippen LogP contribution in [0.3, 0.4) is 0 Å². The molecule has 16 heavy (non-hydrogen) atoms. The Kier molecular flexibility index (Phi) is 2.97. The average molecular weight is 218 g/mol. The largest absolute Gasteiger partial charge is 0.337 e. The van der Waals surface area contributed by atoms with Crippen LogP contribution in [0.5, 0.6) is 0 Å². The number of carbonyl (C=O) groups excluding carboxylic acids is 1. The van der Waals surface area contributed by atoms with Gasteiger partial charge in [-0.25, -0.2) is 0 Å². The van der Waals surface area contributed by atoms with E-state index in [9.17, 15) is 4.79 Å². The van der Waals surface area contributed by atoms with Crippen LogP contribution in [0.25, 0.3) is 0 Å². The molecule has 0 bridgehead atoms. The minimum absolute atomic E-state index is 0.107. The van der Waals surface area contributed by atoms with Crippen LogP contribution in [0.4, 0.5) is 0 Å². The van der Waals surface area contributed by atoms with Crippen molar-refractivity contribution in [2.45, 2.75) is 26.3 Å². The lowest BCUT2D eigenvalue weighted by Gasteiger charge is -2.16. The van der Waals surface area contributed by atoms with Crippen LogP contribution in [-0.2, 0) is 0 Å². The molecule has 1 heterocycles. The van der Waals surface area contributed by atoms with Crippen LogP contribution < -0.4 is 5.73 Å². The Morgan fingerprint density at radius 1 is 1.38 bits per heavy atom. The van der Waals surface area contributed by atoms with E-state index in [0.29, 0.717) is 6.54 Å². The summed E-state index contributed by atoms with van der Waals surface area (Å²) in [6.07, 6.45) is 0.913. The maximum atomic E-state index is 12.1. The zero-order valence-electron chi connectivity index (χ0n) is 9.86. The highest BCUT2D eigenvalue weighted by molar-refractivity contribution is 5.94. The Balaban J connectivity index is 2.18. The highest BCUT2D eigenvalue weighted by Gasteiger charge is 2.24. The molecule has 3 heteroatoms. The van der Waals surface area contributed by atoms with Gasteiger partial charge in [0.1, 0.15) is 0 Å². The smallest absolute Gasteiger partial charge is 0.253 e. The number of hydrogen-bond acceptors (Lipinski definition) is 2. The summed E-state index contributed by atoms with van der Waals surface area (Å²) in [5.74, 6) is 0.107. The number of benzene rings is 1. The summed E-state index contributed by atoms with van der Waals surface area (Å²) < 4.78 is 0. The molecular formula is C13H18N2O. The molecule has 1 aliphatic heterocycles. The van der Waals surface area contributed by atoms with Gasteiger partial charge in [-0.1, -0.05) is 6.07 Å². The Bertz CT molecular complexity index is 414. The van der Waals surface area contributed by atoms with Gasteiger partial charge in [0.2, 0.25) is 0 Å². The van der Waals surface area contributed by atoms with Crippen LogP contribution in [0, 0.1) is 13.8 Å². The molecule has 0 unspecified atom stereocenters. The van der Waals surface area contributed by atoms with Gasteiger partial charge in [0.05, 0.1) is 0 Å². The number of likely N-dealkylation sites (tertiary alicyclic amines) is 1. The average Bonchev–Trinajstić information content (AvgIpc) is 2.68. The fraction of sp³-hybridized carbons (Fsp3) is 0.462. The summed E-state index contributed by atoms with van der Waals surface area (Å²) in [5, 5.41) is 0. The second-order valence-corrected chi connectivity index (χ2v) is 4.60. The quantitative estimate of drug-likeness (QED) is 0.776. The number of hydrogen-bond donors (Lipinski definition) is 1. The Labute approximate surface area is 96.2 Å². The van der Waals surface area contributed by atoms with Crippen LogP contribution in [0.15, 0.2) is 18.2 Å². The number of rotatable bonds is 1. The minimum Gasteiger partial charge on any atom is -0.337 e. The molecule has 0 aromatic heterocycles. The first-order valence-corrected chi connectivity index (χ1v) is 5.70. The van der Waals surface area contributed by atoms with Gasteiger partial charge in [-0.05, 0) is 43.5 Å². The molecule has 1 atom stereocenters. The Hall–Kier alpha value is -1.35. The van der Waals surface area contributed by atoms with E-state index in [4.69, 9.17) is 5.73 Å². The molecule has 86 valence electrons. The van der Waals surface area contributed by atoms with Gasteiger partial charge in [-0.3, -0.25) is 4.79 Å². The zero-order chi connectivity index (χ0) is 11.7. The van der Waals surface area contributed by atoms with E-state index >= 15 is 0 Å². The maximum absolute atomic E-state index is 12.1. The third kappa shape index (κ3) is 2.09.